The molecule has 0 atom stereocenters. The second-order valence-corrected chi connectivity index (χ2v) is 8.37. The minimum absolute atomic E-state index is 0.00468. The molecular formula is C20H17ClN4O6S. The number of hydrogen-bond donors (Lipinski definition) is 1. The number of methoxy groups -OCH3 is 1. The zero-order valence-corrected chi connectivity index (χ0v) is 18.4. The number of nitrogens with one attached hydrogen (secondary N) is 1. The smallest absolute Gasteiger partial charge is 0.339 e. The van der Waals surface area contributed by atoms with Gasteiger partial charge >= 0.3 is 10.1 Å². The SMILES string of the molecule is COc1cc(C=NNc2ccc([N+](=O)[O-])cn2)cc(Cl)c1OS(=O)(=O)c1ccc(C)cc1. The largest absolute Gasteiger partial charge is 0.493 e. The number of rotatable bonds is 8. The molecule has 3 rings (SSSR count). The van der Waals surface area contributed by atoms with Crippen LogP contribution in [0.4, 0.5) is 11.5 Å². The third-order valence-electron chi connectivity index (χ3n) is 4.11. The van der Waals surface area contributed by atoms with Crippen LogP contribution in [0.25, 0.3) is 0 Å². The number of anilines is 1. The average molecular weight is 477 g/mol. The molecule has 0 unspecified atom stereocenters. The summed E-state index contributed by atoms with van der Waals surface area (Å²) in [5, 5.41) is 14.6. The molecule has 0 aliphatic heterocycles. The second kappa shape index (κ2) is 9.62. The van der Waals surface area contributed by atoms with Gasteiger partial charge in [0.1, 0.15) is 16.9 Å². The van der Waals surface area contributed by atoms with E-state index in [4.69, 9.17) is 20.5 Å². The molecule has 3 aromatic rings. The summed E-state index contributed by atoms with van der Waals surface area (Å²) < 4.78 is 35.6. The van der Waals surface area contributed by atoms with Gasteiger partial charge in [-0.3, -0.25) is 15.5 Å². The molecule has 0 fully saturated rings. The maximum absolute atomic E-state index is 12.6. The average Bonchev–Trinajstić information content (AvgIpc) is 2.76. The Balaban J connectivity index is 1.79. The molecule has 1 heterocycles. The Morgan fingerprint density at radius 3 is 2.50 bits per heavy atom. The van der Waals surface area contributed by atoms with Gasteiger partial charge in [0.2, 0.25) is 5.75 Å². The highest BCUT2D eigenvalue weighted by molar-refractivity contribution is 7.87. The van der Waals surface area contributed by atoms with Crippen LogP contribution in [0.1, 0.15) is 11.1 Å². The lowest BCUT2D eigenvalue weighted by Crippen LogP contribution is -2.11. The number of ether oxygens (including phenoxy) is 1. The number of nitro groups is 1. The first kappa shape index (κ1) is 23.0. The summed E-state index contributed by atoms with van der Waals surface area (Å²) in [5.41, 5.74) is 3.85. The van der Waals surface area contributed by atoms with Crippen molar-refractivity contribution in [2.45, 2.75) is 11.8 Å². The van der Waals surface area contributed by atoms with E-state index >= 15 is 0 Å². The molecule has 0 saturated heterocycles. The van der Waals surface area contributed by atoms with Crippen molar-refractivity contribution >= 4 is 39.4 Å². The standard InChI is InChI=1S/C20H17ClN4O6S/c1-13-3-6-16(7-4-13)32(28,29)31-20-17(21)9-14(10-18(20)30-2)11-23-24-19-8-5-15(12-22-19)25(26)27/h3-12H,1-2H3,(H,22,24). The Kier molecular flexibility index (Phi) is 6.91. The number of hydrogen-bond acceptors (Lipinski definition) is 9. The summed E-state index contributed by atoms with van der Waals surface area (Å²) >= 11 is 6.25. The van der Waals surface area contributed by atoms with Crippen LogP contribution in [-0.2, 0) is 10.1 Å². The van der Waals surface area contributed by atoms with E-state index in [0.717, 1.165) is 11.8 Å². The molecule has 0 radical (unpaired) electrons. The van der Waals surface area contributed by atoms with Crippen LogP contribution < -0.4 is 14.3 Å². The quantitative estimate of drug-likeness (QED) is 0.221. The predicted octanol–water partition coefficient (Wildman–Crippen LogP) is 4.17. The Morgan fingerprint density at radius 1 is 1.19 bits per heavy atom. The minimum Gasteiger partial charge on any atom is -0.493 e. The van der Waals surface area contributed by atoms with E-state index in [-0.39, 0.29) is 32.9 Å². The number of nitrogens with zero attached hydrogens (tertiary/aromatic N) is 3. The van der Waals surface area contributed by atoms with Gasteiger partial charge in [0.15, 0.2) is 5.75 Å². The molecule has 0 saturated carbocycles. The lowest BCUT2D eigenvalue weighted by atomic mass is 10.2. The van der Waals surface area contributed by atoms with Gasteiger partial charge in [-0.2, -0.15) is 13.5 Å². The highest BCUT2D eigenvalue weighted by Gasteiger charge is 2.22. The molecule has 32 heavy (non-hydrogen) atoms. The number of aromatic nitrogens is 1. The van der Waals surface area contributed by atoms with Crippen LogP contribution in [0.15, 0.2) is 64.7 Å². The maximum atomic E-state index is 12.6. The molecule has 0 amide bonds. The lowest BCUT2D eigenvalue weighted by Gasteiger charge is -2.13. The van der Waals surface area contributed by atoms with Crippen LogP contribution in [-0.4, -0.2) is 31.6 Å². The highest BCUT2D eigenvalue weighted by Crippen LogP contribution is 2.38. The van der Waals surface area contributed by atoms with Crippen molar-refractivity contribution < 1.29 is 22.3 Å². The topological polar surface area (TPSA) is 133 Å². The van der Waals surface area contributed by atoms with Crippen LogP contribution in [0, 0.1) is 17.0 Å². The molecule has 2 aromatic carbocycles. The molecule has 0 bridgehead atoms. The van der Waals surface area contributed by atoms with Crippen molar-refractivity contribution in [2.24, 2.45) is 5.10 Å². The first-order valence-corrected chi connectivity index (χ1v) is 10.8. The fourth-order valence-corrected chi connectivity index (χ4v) is 3.75. The molecule has 166 valence electrons. The fourth-order valence-electron chi connectivity index (χ4n) is 2.49. The van der Waals surface area contributed by atoms with E-state index in [1.807, 2.05) is 6.92 Å². The summed E-state index contributed by atoms with van der Waals surface area (Å²) in [6.45, 7) is 1.84. The Hall–Kier alpha value is -3.70. The number of pyridine rings is 1. The van der Waals surface area contributed by atoms with E-state index in [9.17, 15) is 18.5 Å². The summed E-state index contributed by atoms with van der Waals surface area (Å²) in [6.07, 6.45) is 2.48. The normalized spacial score (nSPS) is 11.3. The molecule has 0 aliphatic carbocycles. The Morgan fingerprint density at radius 2 is 1.91 bits per heavy atom. The van der Waals surface area contributed by atoms with Gasteiger partial charge in [0.05, 0.1) is 23.3 Å². The summed E-state index contributed by atoms with van der Waals surface area (Å²) in [4.78, 5) is 13.9. The summed E-state index contributed by atoms with van der Waals surface area (Å²) in [6, 6.07) is 11.8. The van der Waals surface area contributed by atoms with Gasteiger partial charge in [-0.15, -0.1) is 0 Å². The van der Waals surface area contributed by atoms with Gasteiger partial charge < -0.3 is 8.92 Å². The van der Waals surface area contributed by atoms with Crippen molar-refractivity contribution in [2.75, 3.05) is 12.5 Å². The third-order valence-corrected chi connectivity index (χ3v) is 5.62. The van der Waals surface area contributed by atoms with Crippen LogP contribution in [0.2, 0.25) is 5.02 Å². The van der Waals surface area contributed by atoms with Crippen molar-refractivity contribution in [3.05, 3.63) is 81.0 Å². The molecular weight excluding hydrogens is 460 g/mol. The zero-order valence-electron chi connectivity index (χ0n) is 16.9. The molecule has 0 spiro atoms. The molecule has 1 aromatic heterocycles. The van der Waals surface area contributed by atoms with Crippen LogP contribution in [0.5, 0.6) is 11.5 Å². The lowest BCUT2D eigenvalue weighted by molar-refractivity contribution is -0.385. The number of halogens is 1. The van der Waals surface area contributed by atoms with Crippen LogP contribution in [0.3, 0.4) is 0 Å². The Labute approximate surface area is 188 Å². The van der Waals surface area contributed by atoms with E-state index in [1.165, 1.54) is 49.7 Å². The van der Waals surface area contributed by atoms with Crippen LogP contribution >= 0.6 is 11.6 Å². The third kappa shape index (κ3) is 5.50. The number of benzene rings is 2. The van der Waals surface area contributed by atoms with Crippen molar-refractivity contribution in [3.8, 4) is 11.5 Å². The predicted molar refractivity (Wildman–Crippen MR) is 119 cm³/mol. The van der Waals surface area contributed by atoms with Gasteiger partial charge in [-0.05, 0) is 42.8 Å². The van der Waals surface area contributed by atoms with Gasteiger partial charge in [-0.25, -0.2) is 4.98 Å². The first-order chi connectivity index (χ1) is 15.2. The second-order valence-electron chi connectivity index (χ2n) is 6.41. The monoisotopic (exact) mass is 476 g/mol. The fraction of sp³-hybridized carbons (Fsp3) is 0.100. The van der Waals surface area contributed by atoms with Crippen molar-refractivity contribution in [3.63, 3.8) is 0 Å². The van der Waals surface area contributed by atoms with Gasteiger partial charge in [0, 0.05) is 6.07 Å². The van der Waals surface area contributed by atoms with E-state index < -0.39 is 15.0 Å². The summed E-state index contributed by atoms with van der Waals surface area (Å²) in [7, 11) is -2.78. The van der Waals surface area contributed by atoms with Gasteiger partial charge in [-0.1, -0.05) is 29.3 Å². The minimum atomic E-state index is -4.13. The van der Waals surface area contributed by atoms with E-state index in [2.05, 4.69) is 15.5 Å². The molecule has 1 N–H and O–H groups in total. The Bertz CT molecular complexity index is 1260. The zero-order chi connectivity index (χ0) is 23.3. The van der Waals surface area contributed by atoms with Crippen molar-refractivity contribution in [1.29, 1.82) is 0 Å². The van der Waals surface area contributed by atoms with Crippen molar-refractivity contribution in [1.82, 2.24) is 4.98 Å². The number of aryl methyl sites for hydroxylation is 1. The molecule has 0 aliphatic rings. The molecule has 10 nitrogen and oxygen atoms in total. The first-order valence-electron chi connectivity index (χ1n) is 8.98. The van der Waals surface area contributed by atoms with E-state index in [1.54, 1.807) is 12.1 Å². The highest BCUT2D eigenvalue weighted by atomic mass is 35.5. The number of hydrazone groups is 1. The molecule has 12 heteroatoms. The summed E-state index contributed by atoms with van der Waals surface area (Å²) in [5.74, 6) is 0.217. The van der Waals surface area contributed by atoms with Gasteiger partial charge in [0.25, 0.3) is 5.69 Å². The van der Waals surface area contributed by atoms with E-state index in [0.29, 0.717) is 5.56 Å². The maximum Gasteiger partial charge on any atom is 0.339 e.